The molecule has 0 aromatic heterocycles. The lowest BCUT2D eigenvalue weighted by Gasteiger charge is -2.19. The van der Waals surface area contributed by atoms with E-state index in [1.165, 1.54) is 28.0 Å². The van der Waals surface area contributed by atoms with Crippen molar-refractivity contribution in [3.63, 3.8) is 0 Å². The van der Waals surface area contributed by atoms with Crippen LogP contribution in [0.3, 0.4) is 0 Å². The van der Waals surface area contributed by atoms with Crippen LogP contribution in [0.5, 0.6) is 0 Å². The molecule has 1 aliphatic carbocycles. The van der Waals surface area contributed by atoms with E-state index in [0.717, 1.165) is 19.3 Å². The van der Waals surface area contributed by atoms with E-state index < -0.39 is 0 Å². The molecule has 0 saturated heterocycles. The lowest BCUT2D eigenvalue weighted by atomic mass is 9.95. The van der Waals surface area contributed by atoms with Crippen molar-refractivity contribution >= 4 is 16.9 Å². The van der Waals surface area contributed by atoms with E-state index in [2.05, 4.69) is 81.4 Å². The zero-order valence-corrected chi connectivity index (χ0v) is 14.3. The summed E-state index contributed by atoms with van der Waals surface area (Å²) in [5.74, 6) is 0. The predicted molar refractivity (Wildman–Crippen MR) is 101 cm³/mol. The zero-order valence-electron chi connectivity index (χ0n) is 14.3. The van der Waals surface area contributed by atoms with Gasteiger partial charge in [-0.2, -0.15) is 0 Å². The molecule has 0 atom stereocenters. The van der Waals surface area contributed by atoms with Crippen LogP contribution in [0.1, 0.15) is 51.2 Å². The van der Waals surface area contributed by atoms with Crippen molar-refractivity contribution in [1.82, 2.24) is 0 Å². The summed E-state index contributed by atoms with van der Waals surface area (Å²) >= 11 is 0. The molecule has 0 amide bonds. The molecule has 0 radical (unpaired) electrons. The SMILES string of the molecule is CCC(C)(C)N=C1CCC(c2ccccc2)=C1c1ccccc1. The molecule has 0 saturated carbocycles. The molecule has 2 aromatic rings. The van der Waals surface area contributed by atoms with Gasteiger partial charge >= 0.3 is 0 Å². The molecule has 0 fully saturated rings. The fourth-order valence-corrected chi connectivity index (χ4v) is 3.10. The van der Waals surface area contributed by atoms with Crippen LogP contribution in [0.25, 0.3) is 11.1 Å². The van der Waals surface area contributed by atoms with Gasteiger partial charge in [0.2, 0.25) is 0 Å². The van der Waals surface area contributed by atoms with Crippen LogP contribution in [0.4, 0.5) is 0 Å². The van der Waals surface area contributed by atoms with Crippen molar-refractivity contribution in [2.24, 2.45) is 4.99 Å². The number of allylic oxidation sites excluding steroid dienone is 2. The lowest BCUT2D eigenvalue weighted by Crippen LogP contribution is -2.17. The van der Waals surface area contributed by atoms with Crippen molar-refractivity contribution in [2.75, 3.05) is 0 Å². The lowest BCUT2D eigenvalue weighted by molar-refractivity contribution is 0.505. The van der Waals surface area contributed by atoms with Crippen molar-refractivity contribution in [3.8, 4) is 0 Å². The molecule has 1 aliphatic rings. The molecular weight excluding hydrogens is 278 g/mol. The van der Waals surface area contributed by atoms with Crippen LogP contribution >= 0.6 is 0 Å². The van der Waals surface area contributed by atoms with Crippen LogP contribution in [-0.4, -0.2) is 11.3 Å². The standard InChI is InChI=1S/C22H25N/c1-4-22(2,3)23-20-16-15-19(17-11-7-5-8-12-17)21(20)18-13-9-6-10-14-18/h5-14H,4,15-16H2,1-3H3. The van der Waals surface area contributed by atoms with Crippen molar-refractivity contribution in [3.05, 3.63) is 71.8 Å². The highest BCUT2D eigenvalue weighted by Crippen LogP contribution is 2.39. The third-order valence-electron chi connectivity index (χ3n) is 4.69. The molecule has 23 heavy (non-hydrogen) atoms. The van der Waals surface area contributed by atoms with Crippen LogP contribution < -0.4 is 0 Å². The summed E-state index contributed by atoms with van der Waals surface area (Å²) in [7, 11) is 0. The minimum atomic E-state index is 0.00149. The van der Waals surface area contributed by atoms with Crippen LogP contribution in [0.2, 0.25) is 0 Å². The van der Waals surface area contributed by atoms with Gasteiger partial charge in [0.15, 0.2) is 0 Å². The van der Waals surface area contributed by atoms with E-state index in [4.69, 9.17) is 4.99 Å². The summed E-state index contributed by atoms with van der Waals surface area (Å²) in [6, 6.07) is 21.5. The second-order valence-electron chi connectivity index (χ2n) is 6.81. The highest BCUT2D eigenvalue weighted by atomic mass is 14.9. The number of benzene rings is 2. The monoisotopic (exact) mass is 303 g/mol. The smallest absolute Gasteiger partial charge is 0.0553 e. The summed E-state index contributed by atoms with van der Waals surface area (Å²) in [6.07, 6.45) is 3.17. The Morgan fingerprint density at radius 2 is 1.39 bits per heavy atom. The Hall–Kier alpha value is -2.15. The fraction of sp³-hybridized carbons (Fsp3) is 0.318. The first-order chi connectivity index (χ1) is 11.1. The second-order valence-corrected chi connectivity index (χ2v) is 6.81. The van der Waals surface area contributed by atoms with Gasteiger partial charge in [0.05, 0.1) is 5.54 Å². The van der Waals surface area contributed by atoms with Gasteiger partial charge in [-0.1, -0.05) is 67.6 Å². The molecular formula is C22H25N. The van der Waals surface area contributed by atoms with Gasteiger partial charge in [-0.3, -0.25) is 4.99 Å². The van der Waals surface area contributed by atoms with Gasteiger partial charge in [0.1, 0.15) is 0 Å². The van der Waals surface area contributed by atoms with E-state index in [1.54, 1.807) is 0 Å². The Labute approximate surface area is 139 Å². The number of hydrogen-bond acceptors (Lipinski definition) is 1. The molecule has 0 heterocycles. The van der Waals surface area contributed by atoms with Gasteiger partial charge in [0, 0.05) is 11.3 Å². The highest BCUT2D eigenvalue weighted by molar-refractivity contribution is 6.33. The van der Waals surface area contributed by atoms with Crippen LogP contribution in [-0.2, 0) is 0 Å². The molecule has 0 bridgehead atoms. The van der Waals surface area contributed by atoms with E-state index in [0.29, 0.717) is 0 Å². The van der Waals surface area contributed by atoms with Crippen molar-refractivity contribution in [2.45, 2.75) is 45.6 Å². The Kier molecular flexibility index (Phi) is 4.47. The number of nitrogens with zero attached hydrogens (tertiary/aromatic N) is 1. The first-order valence-electron chi connectivity index (χ1n) is 8.54. The molecule has 2 aromatic carbocycles. The Bertz CT molecular complexity index is 721. The minimum Gasteiger partial charge on any atom is -0.283 e. The summed E-state index contributed by atoms with van der Waals surface area (Å²) in [5.41, 5.74) is 6.66. The number of hydrogen-bond donors (Lipinski definition) is 0. The van der Waals surface area contributed by atoms with Crippen LogP contribution in [0.15, 0.2) is 65.7 Å². The molecule has 3 rings (SSSR count). The van der Waals surface area contributed by atoms with Gasteiger partial charge in [-0.15, -0.1) is 0 Å². The summed E-state index contributed by atoms with van der Waals surface area (Å²) < 4.78 is 0. The van der Waals surface area contributed by atoms with Gasteiger partial charge in [0.25, 0.3) is 0 Å². The number of aliphatic imine (C=N–C) groups is 1. The molecule has 1 nitrogen and oxygen atoms in total. The first-order valence-corrected chi connectivity index (χ1v) is 8.54. The quantitative estimate of drug-likeness (QED) is 0.655. The molecule has 0 aliphatic heterocycles. The molecule has 0 unspecified atom stereocenters. The fourth-order valence-electron chi connectivity index (χ4n) is 3.10. The highest BCUT2D eigenvalue weighted by Gasteiger charge is 2.26. The Balaban J connectivity index is 2.16. The molecule has 0 N–H and O–H groups in total. The third-order valence-corrected chi connectivity index (χ3v) is 4.69. The average molecular weight is 303 g/mol. The van der Waals surface area contributed by atoms with E-state index in [9.17, 15) is 0 Å². The second kappa shape index (κ2) is 6.54. The van der Waals surface area contributed by atoms with Gasteiger partial charge < -0.3 is 0 Å². The minimum absolute atomic E-state index is 0.00149. The third kappa shape index (κ3) is 3.44. The van der Waals surface area contributed by atoms with Crippen LogP contribution in [0, 0.1) is 0 Å². The Morgan fingerprint density at radius 3 is 1.96 bits per heavy atom. The maximum Gasteiger partial charge on any atom is 0.0553 e. The normalized spacial score (nSPS) is 17.1. The summed E-state index contributed by atoms with van der Waals surface area (Å²) in [4.78, 5) is 5.12. The molecule has 1 heteroatoms. The zero-order chi connectivity index (χ0) is 16.3. The maximum atomic E-state index is 5.12. The van der Waals surface area contributed by atoms with Gasteiger partial charge in [-0.25, -0.2) is 0 Å². The molecule has 0 spiro atoms. The molecule has 118 valence electrons. The van der Waals surface area contributed by atoms with Crippen molar-refractivity contribution < 1.29 is 0 Å². The maximum absolute atomic E-state index is 5.12. The first kappa shape index (κ1) is 15.7. The summed E-state index contributed by atoms with van der Waals surface area (Å²) in [5, 5.41) is 0. The largest absolute Gasteiger partial charge is 0.283 e. The number of rotatable bonds is 4. The van der Waals surface area contributed by atoms with E-state index in [1.807, 2.05) is 0 Å². The van der Waals surface area contributed by atoms with E-state index in [-0.39, 0.29) is 5.54 Å². The van der Waals surface area contributed by atoms with E-state index >= 15 is 0 Å². The van der Waals surface area contributed by atoms with Gasteiger partial charge in [-0.05, 0) is 49.8 Å². The topological polar surface area (TPSA) is 12.4 Å². The van der Waals surface area contributed by atoms with Crippen molar-refractivity contribution in [1.29, 1.82) is 0 Å². The predicted octanol–water partition coefficient (Wildman–Crippen LogP) is 6.02. The average Bonchev–Trinajstić information content (AvgIpc) is 2.99. The Morgan fingerprint density at radius 1 is 0.826 bits per heavy atom. The summed E-state index contributed by atoms with van der Waals surface area (Å²) in [6.45, 7) is 6.66.